The first kappa shape index (κ1) is 18.5. The Balaban J connectivity index is 2.31. The Morgan fingerprint density at radius 2 is 1.92 bits per heavy atom. The Bertz CT molecular complexity index is 810. The van der Waals surface area contributed by atoms with Gasteiger partial charge in [0.05, 0.1) is 0 Å². The van der Waals surface area contributed by atoms with Crippen molar-refractivity contribution in [3.63, 3.8) is 0 Å². The highest BCUT2D eigenvalue weighted by Gasteiger charge is 2.38. The summed E-state index contributed by atoms with van der Waals surface area (Å²) < 4.78 is 0. The van der Waals surface area contributed by atoms with E-state index < -0.39 is 23.5 Å². The Morgan fingerprint density at radius 1 is 1.28 bits per heavy atom. The maximum atomic E-state index is 12.8. The van der Waals surface area contributed by atoms with Crippen LogP contribution in [0.15, 0.2) is 30.5 Å². The molecule has 1 unspecified atom stereocenters. The minimum absolute atomic E-state index is 0.266. The highest BCUT2D eigenvalue weighted by Crippen LogP contribution is 2.21. The molecule has 7 nitrogen and oxygen atoms in total. The van der Waals surface area contributed by atoms with Crippen LogP contribution in [-0.4, -0.2) is 51.4 Å². The maximum absolute atomic E-state index is 12.8. The highest BCUT2D eigenvalue weighted by atomic mass is 16.4. The maximum Gasteiger partial charge on any atom is 0.329 e. The van der Waals surface area contributed by atoms with Crippen LogP contribution in [0.5, 0.6) is 0 Å². The van der Waals surface area contributed by atoms with Crippen LogP contribution in [-0.2, 0) is 20.8 Å². The fraction of sp³-hybridized carbons (Fsp3) is 0.389. The largest absolute Gasteiger partial charge is 0.480 e. The van der Waals surface area contributed by atoms with Gasteiger partial charge in [-0.2, -0.15) is 0 Å². The molecule has 2 rings (SSSR count). The summed E-state index contributed by atoms with van der Waals surface area (Å²) in [4.78, 5) is 40.1. The monoisotopic (exact) mass is 345 g/mol. The third kappa shape index (κ3) is 3.81. The van der Waals surface area contributed by atoms with Gasteiger partial charge in [0.15, 0.2) is 0 Å². The van der Waals surface area contributed by atoms with Gasteiger partial charge in [-0.15, -0.1) is 0 Å². The predicted molar refractivity (Wildman–Crippen MR) is 94.1 cm³/mol. The number of aromatic amines is 1. The van der Waals surface area contributed by atoms with Gasteiger partial charge in [-0.05, 0) is 25.5 Å². The number of benzene rings is 1. The molecule has 2 aromatic rings. The molecule has 25 heavy (non-hydrogen) atoms. The summed E-state index contributed by atoms with van der Waals surface area (Å²) in [6, 6.07) is 6.81. The summed E-state index contributed by atoms with van der Waals surface area (Å²) in [5, 5.41) is 12.9. The van der Waals surface area contributed by atoms with Gasteiger partial charge in [-0.25, -0.2) is 4.79 Å². The third-order valence-corrected chi connectivity index (χ3v) is 4.47. The first-order valence-corrected chi connectivity index (χ1v) is 7.97. The summed E-state index contributed by atoms with van der Waals surface area (Å²) in [7, 11) is 1.43. The number of carboxylic acid groups (broad SMARTS) is 1. The van der Waals surface area contributed by atoms with Crippen LogP contribution in [0.2, 0.25) is 0 Å². The average Bonchev–Trinajstić information content (AvgIpc) is 2.95. The van der Waals surface area contributed by atoms with Gasteiger partial charge in [0, 0.05) is 37.5 Å². The molecule has 1 aromatic carbocycles. The van der Waals surface area contributed by atoms with E-state index in [1.165, 1.54) is 27.8 Å². The van der Waals surface area contributed by atoms with Gasteiger partial charge in [0.2, 0.25) is 11.8 Å². The molecule has 134 valence electrons. The van der Waals surface area contributed by atoms with E-state index in [4.69, 9.17) is 0 Å². The number of likely N-dealkylation sites (N-methyl/N-ethyl adjacent to an activating group) is 1. The first-order valence-electron chi connectivity index (χ1n) is 7.97. The van der Waals surface area contributed by atoms with Crippen LogP contribution in [0, 0.1) is 0 Å². The number of amides is 2. The van der Waals surface area contributed by atoms with Gasteiger partial charge in [0.25, 0.3) is 0 Å². The summed E-state index contributed by atoms with van der Waals surface area (Å²) in [5.41, 5.74) is 0.434. The number of nitrogens with zero attached hydrogens (tertiary/aromatic N) is 1. The molecular formula is C18H23N3O4. The number of aromatic nitrogens is 1. The molecular weight excluding hydrogens is 322 g/mol. The molecule has 1 heterocycles. The molecule has 2 amide bonds. The molecule has 0 fully saturated rings. The number of carbonyl (C=O) groups excluding carboxylic acids is 2. The minimum Gasteiger partial charge on any atom is -0.480 e. The Morgan fingerprint density at radius 3 is 2.52 bits per heavy atom. The van der Waals surface area contributed by atoms with Crippen molar-refractivity contribution in [1.82, 2.24) is 15.2 Å². The van der Waals surface area contributed by atoms with E-state index in [-0.39, 0.29) is 12.3 Å². The number of rotatable bonds is 6. The SMILES string of the molecule is CC(=O)NC(Cc1c[nH]c2ccccc12)C(=O)N(C)C(C)(C)C(=O)O. The molecule has 0 spiro atoms. The molecule has 1 aromatic heterocycles. The fourth-order valence-electron chi connectivity index (χ4n) is 2.62. The molecule has 0 saturated carbocycles. The third-order valence-electron chi connectivity index (χ3n) is 4.47. The lowest BCUT2D eigenvalue weighted by molar-refractivity contribution is -0.156. The lowest BCUT2D eigenvalue weighted by Gasteiger charge is -2.34. The molecule has 0 aliphatic carbocycles. The predicted octanol–water partition coefficient (Wildman–Crippen LogP) is 1.54. The Labute approximate surface area is 146 Å². The molecule has 0 radical (unpaired) electrons. The number of para-hydroxylation sites is 1. The molecule has 7 heteroatoms. The zero-order valence-corrected chi connectivity index (χ0v) is 14.8. The summed E-state index contributed by atoms with van der Waals surface area (Å²) >= 11 is 0. The van der Waals surface area contributed by atoms with Crippen molar-refractivity contribution in [2.75, 3.05) is 7.05 Å². The van der Waals surface area contributed by atoms with Crippen LogP contribution >= 0.6 is 0 Å². The molecule has 0 saturated heterocycles. The second-order valence-corrected chi connectivity index (χ2v) is 6.58. The van der Waals surface area contributed by atoms with Crippen molar-refractivity contribution in [3.05, 3.63) is 36.0 Å². The van der Waals surface area contributed by atoms with E-state index in [2.05, 4.69) is 10.3 Å². The van der Waals surface area contributed by atoms with E-state index in [0.29, 0.717) is 0 Å². The van der Waals surface area contributed by atoms with E-state index in [1.54, 1.807) is 6.20 Å². The van der Waals surface area contributed by atoms with Crippen LogP contribution in [0.3, 0.4) is 0 Å². The van der Waals surface area contributed by atoms with Gasteiger partial charge < -0.3 is 20.3 Å². The Hall–Kier alpha value is -2.83. The van der Waals surface area contributed by atoms with Gasteiger partial charge >= 0.3 is 5.97 Å². The van der Waals surface area contributed by atoms with E-state index in [1.807, 2.05) is 24.3 Å². The van der Waals surface area contributed by atoms with Crippen LogP contribution in [0.25, 0.3) is 10.9 Å². The number of hydrogen-bond donors (Lipinski definition) is 3. The zero-order valence-electron chi connectivity index (χ0n) is 14.8. The van der Waals surface area contributed by atoms with Gasteiger partial charge in [-0.3, -0.25) is 9.59 Å². The molecule has 0 aliphatic heterocycles. The van der Waals surface area contributed by atoms with Crippen LogP contribution in [0.4, 0.5) is 0 Å². The highest BCUT2D eigenvalue weighted by molar-refractivity contribution is 5.92. The van der Waals surface area contributed by atoms with Crippen molar-refractivity contribution in [2.24, 2.45) is 0 Å². The van der Waals surface area contributed by atoms with Crippen molar-refractivity contribution >= 4 is 28.7 Å². The molecule has 0 aliphatic rings. The zero-order chi connectivity index (χ0) is 18.8. The number of nitrogens with one attached hydrogen (secondary N) is 2. The van der Waals surface area contributed by atoms with Gasteiger partial charge in [0.1, 0.15) is 11.6 Å². The average molecular weight is 345 g/mol. The fourth-order valence-corrected chi connectivity index (χ4v) is 2.62. The van der Waals surface area contributed by atoms with Gasteiger partial charge in [-0.1, -0.05) is 18.2 Å². The van der Waals surface area contributed by atoms with E-state index in [0.717, 1.165) is 21.4 Å². The number of aliphatic carboxylic acids is 1. The standard InChI is InChI=1S/C18H23N3O4/c1-11(22)20-15(16(23)21(4)18(2,3)17(24)25)9-12-10-19-14-8-6-5-7-13(12)14/h5-8,10,15,19H,9H2,1-4H3,(H,20,22)(H,24,25). The number of carboxylic acids is 1. The molecule has 0 bridgehead atoms. The first-order chi connectivity index (χ1) is 11.6. The van der Waals surface area contributed by atoms with Crippen molar-refractivity contribution < 1.29 is 19.5 Å². The number of H-pyrrole nitrogens is 1. The molecule has 1 atom stereocenters. The number of hydrogen-bond acceptors (Lipinski definition) is 3. The minimum atomic E-state index is -1.38. The smallest absolute Gasteiger partial charge is 0.329 e. The lowest BCUT2D eigenvalue weighted by Crippen LogP contribution is -2.57. The second-order valence-electron chi connectivity index (χ2n) is 6.58. The van der Waals surface area contributed by atoms with E-state index >= 15 is 0 Å². The Kier molecular flexibility index (Phi) is 5.15. The quantitative estimate of drug-likeness (QED) is 0.739. The van der Waals surface area contributed by atoms with Crippen molar-refractivity contribution in [2.45, 2.75) is 38.8 Å². The van der Waals surface area contributed by atoms with Crippen molar-refractivity contribution in [3.8, 4) is 0 Å². The van der Waals surface area contributed by atoms with Crippen molar-refractivity contribution in [1.29, 1.82) is 0 Å². The van der Waals surface area contributed by atoms with E-state index in [9.17, 15) is 19.5 Å². The number of carbonyl (C=O) groups is 3. The number of fused-ring (bicyclic) bond motifs is 1. The molecule has 3 N–H and O–H groups in total. The van der Waals surface area contributed by atoms with Crippen LogP contribution in [0.1, 0.15) is 26.3 Å². The summed E-state index contributed by atoms with van der Waals surface area (Å²) in [6.45, 7) is 4.23. The van der Waals surface area contributed by atoms with Crippen LogP contribution < -0.4 is 5.32 Å². The topological polar surface area (TPSA) is 103 Å². The normalized spacial score (nSPS) is 12.6. The summed E-state index contributed by atoms with van der Waals surface area (Å²) in [6.07, 6.45) is 2.07. The summed E-state index contributed by atoms with van der Waals surface area (Å²) in [5.74, 6) is -1.91. The second kappa shape index (κ2) is 6.96. The lowest BCUT2D eigenvalue weighted by atomic mass is 9.99.